The number of fused-ring (bicyclic) bond motifs is 1. The molecule has 0 aromatic heterocycles. The number of ether oxygens (including phenoxy) is 4. The van der Waals surface area contributed by atoms with Crippen LogP contribution in [0.4, 0.5) is 0 Å². The van der Waals surface area contributed by atoms with Gasteiger partial charge in [0.1, 0.15) is 18.3 Å². The van der Waals surface area contributed by atoms with Crippen LogP contribution in [0.1, 0.15) is 27.7 Å². The van der Waals surface area contributed by atoms with Crippen molar-refractivity contribution in [1.82, 2.24) is 0 Å². The second-order valence-electron chi connectivity index (χ2n) is 6.21. The number of aliphatic hydroxyl groups excluding tert-OH is 1. The van der Waals surface area contributed by atoms with Crippen molar-refractivity contribution in [3.8, 4) is 0 Å². The third kappa shape index (κ3) is 3.03. The summed E-state index contributed by atoms with van der Waals surface area (Å²) in [7, 11) is -2.30. The second-order valence-corrected chi connectivity index (χ2v) is 7.82. The number of hydrogen-bond acceptors (Lipinski definition) is 8. The zero-order valence-electron chi connectivity index (χ0n) is 13.6. The lowest BCUT2D eigenvalue weighted by Gasteiger charge is -2.41. The molecule has 22 heavy (non-hydrogen) atoms. The number of hydrogen-bond donors (Lipinski definition) is 1. The van der Waals surface area contributed by atoms with Gasteiger partial charge in [0.25, 0.3) is 10.1 Å². The summed E-state index contributed by atoms with van der Waals surface area (Å²) in [5, 5.41) is 10.3. The molecule has 2 aliphatic heterocycles. The van der Waals surface area contributed by atoms with Crippen molar-refractivity contribution in [2.45, 2.75) is 69.8 Å². The SMILES string of the molecule is CO[C@H]1[C@H]2OC(C)(C)O[C@H]2O[C@]1([C@H](C)OS(C)(=O)=O)[C@@H](C)O. The Bertz CT molecular complexity index is 516. The first-order chi connectivity index (χ1) is 9.93. The molecule has 6 atom stereocenters. The molecule has 2 aliphatic rings. The van der Waals surface area contributed by atoms with Gasteiger partial charge in [-0.25, -0.2) is 0 Å². The predicted molar refractivity (Wildman–Crippen MR) is 75.5 cm³/mol. The average molecular weight is 340 g/mol. The summed E-state index contributed by atoms with van der Waals surface area (Å²) in [6, 6.07) is 0. The molecule has 8 nitrogen and oxygen atoms in total. The van der Waals surface area contributed by atoms with E-state index in [0.717, 1.165) is 6.26 Å². The number of aliphatic hydroxyl groups is 1. The molecule has 1 N–H and O–H groups in total. The van der Waals surface area contributed by atoms with Gasteiger partial charge in [0.15, 0.2) is 17.7 Å². The van der Waals surface area contributed by atoms with Gasteiger partial charge >= 0.3 is 0 Å². The third-order valence-corrected chi connectivity index (χ3v) is 4.65. The third-order valence-electron chi connectivity index (χ3n) is 4.01. The van der Waals surface area contributed by atoms with Crippen LogP contribution in [0.2, 0.25) is 0 Å². The summed E-state index contributed by atoms with van der Waals surface area (Å²) < 4.78 is 50.7. The van der Waals surface area contributed by atoms with Gasteiger partial charge in [-0.2, -0.15) is 8.42 Å². The fourth-order valence-corrected chi connectivity index (χ4v) is 3.91. The fraction of sp³-hybridized carbons (Fsp3) is 1.00. The minimum atomic E-state index is -3.74. The van der Waals surface area contributed by atoms with Crippen molar-refractivity contribution in [3.63, 3.8) is 0 Å². The Morgan fingerprint density at radius 2 is 1.77 bits per heavy atom. The van der Waals surface area contributed by atoms with Crippen molar-refractivity contribution in [3.05, 3.63) is 0 Å². The molecular formula is C13H24O8S. The fourth-order valence-electron chi connectivity index (χ4n) is 3.24. The van der Waals surface area contributed by atoms with Crippen molar-refractivity contribution >= 4 is 10.1 Å². The molecule has 2 heterocycles. The van der Waals surface area contributed by atoms with Crippen molar-refractivity contribution in [2.24, 2.45) is 0 Å². The van der Waals surface area contributed by atoms with Crippen LogP contribution in [-0.4, -0.2) is 69.0 Å². The van der Waals surface area contributed by atoms with Crippen LogP contribution in [0, 0.1) is 0 Å². The van der Waals surface area contributed by atoms with Crippen LogP contribution in [-0.2, 0) is 33.2 Å². The van der Waals surface area contributed by atoms with Gasteiger partial charge < -0.3 is 24.1 Å². The van der Waals surface area contributed by atoms with Crippen LogP contribution in [0.25, 0.3) is 0 Å². The maximum atomic E-state index is 11.4. The highest BCUT2D eigenvalue weighted by molar-refractivity contribution is 7.86. The first-order valence-corrected chi connectivity index (χ1v) is 8.87. The Labute approximate surface area is 130 Å². The van der Waals surface area contributed by atoms with E-state index in [1.165, 1.54) is 21.0 Å². The Balaban J connectivity index is 2.36. The zero-order valence-corrected chi connectivity index (χ0v) is 14.4. The van der Waals surface area contributed by atoms with E-state index < -0.39 is 52.2 Å². The molecule has 2 fully saturated rings. The molecule has 0 aromatic carbocycles. The van der Waals surface area contributed by atoms with Gasteiger partial charge in [0, 0.05) is 7.11 Å². The molecule has 0 radical (unpaired) electrons. The summed E-state index contributed by atoms with van der Waals surface area (Å²) in [6.45, 7) is 6.47. The van der Waals surface area contributed by atoms with Crippen LogP contribution >= 0.6 is 0 Å². The molecule has 0 bridgehead atoms. The Morgan fingerprint density at radius 1 is 1.18 bits per heavy atom. The van der Waals surface area contributed by atoms with E-state index in [4.69, 9.17) is 23.1 Å². The maximum Gasteiger partial charge on any atom is 0.264 e. The van der Waals surface area contributed by atoms with E-state index >= 15 is 0 Å². The standard InChI is InChI=1S/C13H24O8S/c1-7(14)13(8(2)21-22(6,15)16)10(17-5)9-11(20-13)19-12(3,4)18-9/h7-11,14H,1-6H3/t7-,8+,9-,10+,11+,13+/m1/s1. The summed E-state index contributed by atoms with van der Waals surface area (Å²) >= 11 is 0. The summed E-state index contributed by atoms with van der Waals surface area (Å²) in [5.41, 5.74) is -1.43. The topological polar surface area (TPSA) is 101 Å². The molecule has 0 spiro atoms. The van der Waals surface area contributed by atoms with Crippen molar-refractivity contribution in [1.29, 1.82) is 0 Å². The van der Waals surface area contributed by atoms with E-state index in [-0.39, 0.29) is 0 Å². The summed E-state index contributed by atoms with van der Waals surface area (Å²) in [6.07, 6.45) is -3.26. The Hall–Kier alpha value is -0.290. The second kappa shape index (κ2) is 5.66. The number of methoxy groups -OCH3 is 1. The minimum absolute atomic E-state index is 0.597. The van der Waals surface area contributed by atoms with E-state index in [2.05, 4.69) is 0 Å². The number of rotatable bonds is 5. The van der Waals surface area contributed by atoms with Crippen LogP contribution < -0.4 is 0 Å². The first kappa shape index (κ1) is 18.1. The van der Waals surface area contributed by atoms with Gasteiger partial charge in [-0.3, -0.25) is 4.18 Å². The van der Waals surface area contributed by atoms with Gasteiger partial charge in [-0.05, 0) is 27.7 Å². The average Bonchev–Trinajstić information content (AvgIpc) is 2.75. The molecule has 0 amide bonds. The molecular weight excluding hydrogens is 316 g/mol. The lowest BCUT2D eigenvalue weighted by molar-refractivity contribution is -0.275. The summed E-state index contributed by atoms with van der Waals surface area (Å²) in [5.74, 6) is -0.849. The van der Waals surface area contributed by atoms with E-state index in [1.54, 1.807) is 13.8 Å². The van der Waals surface area contributed by atoms with Crippen molar-refractivity contribution in [2.75, 3.05) is 13.4 Å². The quantitative estimate of drug-likeness (QED) is 0.698. The molecule has 9 heteroatoms. The monoisotopic (exact) mass is 340 g/mol. The molecule has 0 saturated carbocycles. The van der Waals surface area contributed by atoms with Gasteiger partial charge in [-0.15, -0.1) is 0 Å². The summed E-state index contributed by atoms with van der Waals surface area (Å²) in [4.78, 5) is 0. The lowest BCUT2D eigenvalue weighted by Crippen LogP contribution is -2.60. The van der Waals surface area contributed by atoms with Gasteiger partial charge in [0.2, 0.25) is 0 Å². The normalized spacial score (nSPS) is 40.4. The van der Waals surface area contributed by atoms with E-state index in [1.807, 2.05) is 0 Å². The highest BCUT2D eigenvalue weighted by Gasteiger charge is 2.67. The predicted octanol–water partition coefficient (Wildman–Crippen LogP) is -0.00650. The van der Waals surface area contributed by atoms with Crippen LogP contribution in [0.3, 0.4) is 0 Å². The Kier molecular flexibility index (Phi) is 4.64. The maximum absolute atomic E-state index is 11.4. The highest BCUT2D eigenvalue weighted by atomic mass is 32.2. The zero-order chi connectivity index (χ0) is 16.9. The molecule has 0 aliphatic carbocycles. The van der Waals surface area contributed by atoms with Crippen LogP contribution in [0.15, 0.2) is 0 Å². The van der Waals surface area contributed by atoms with Gasteiger partial charge in [-0.1, -0.05) is 0 Å². The molecule has 0 aromatic rings. The smallest absolute Gasteiger partial charge is 0.264 e. The lowest BCUT2D eigenvalue weighted by atomic mass is 9.85. The highest BCUT2D eigenvalue weighted by Crippen LogP contribution is 2.47. The van der Waals surface area contributed by atoms with Gasteiger partial charge in [0.05, 0.1) is 12.4 Å². The van der Waals surface area contributed by atoms with Crippen molar-refractivity contribution < 1.29 is 36.7 Å². The largest absolute Gasteiger partial charge is 0.390 e. The van der Waals surface area contributed by atoms with E-state index in [9.17, 15) is 13.5 Å². The molecule has 2 rings (SSSR count). The first-order valence-electron chi connectivity index (χ1n) is 7.05. The van der Waals surface area contributed by atoms with E-state index in [0.29, 0.717) is 0 Å². The molecule has 2 saturated heterocycles. The van der Waals surface area contributed by atoms with Crippen LogP contribution in [0.5, 0.6) is 0 Å². The molecule has 0 unspecified atom stereocenters. The minimum Gasteiger partial charge on any atom is -0.390 e. The Morgan fingerprint density at radius 3 is 2.23 bits per heavy atom. The molecule has 130 valence electrons.